The third kappa shape index (κ3) is 2.66. The van der Waals surface area contributed by atoms with E-state index in [0.717, 1.165) is 37.5 Å². The van der Waals surface area contributed by atoms with Crippen molar-refractivity contribution in [3.63, 3.8) is 0 Å². The highest BCUT2D eigenvalue weighted by Crippen LogP contribution is 2.54. The molecule has 0 aromatic rings. The second-order valence-corrected chi connectivity index (χ2v) is 5.39. The molecule has 3 unspecified atom stereocenters. The van der Waals surface area contributed by atoms with Crippen LogP contribution in [0.2, 0.25) is 0 Å². The first-order valence-corrected chi connectivity index (χ1v) is 6.64. The Kier molecular flexibility index (Phi) is 3.55. The number of hydrogen-bond donors (Lipinski definition) is 1. The average Bonchev–Trinajstić information content (AvgIpc) is 2.85. The van der Waals surface area contributed by atoms with E-state index in [-0.39, 0.29) is 11.9 Å². The summed E-state index contributed by atoms with van der Waals surface area (Å²) in [5.74, 6) is 2.98. The standard InChI is InChI=1S/C12H20ClNO/c1-2-11(3-4-13)14-12(15)10-6-8-5-9(8)7-10/h8-11H,2-7H2,1H3,(H,14,15). The van der Waals surface area contributed by atoms with Gasteiger partial charge < -0.3 is 5.32 Å². The quantitative estimate of drug-likeness (QED) is 0.722. The third-order valence-corrected chi connectivity index (χ3v) is 4.13. The van der Waals surface area contributed by atoms with Crippen LogP contribution < -0.4 is 5.32 Å². The van der Waals surface area contributed by atoms with Crippen molar-refractivity contribution in [1.82, 2.24) is 5.32 Å². The molecule has 3 atom stereocenters. The second-order valence-electron chi connectivity index (χ2n) is 5.02. The van der Waals surface area contributed by atoms with E-state index in [0.29, 0.717) is 11.8 Å². The maximum Gasteiger partial charge on any atom is 0.223 e. The first-order chi connectivity index (χ1) is 7.24. The SMILES string of the molecule is CCC(CCCl)NC(=O)C1CC2CC2C1. The lowest BCUT2D eigenvalue weighted by molar-refractivity contribution is -0.125. The Hall–Kier alpha value is -0.240. The number of amides is 1. The monoisotopic (exact) mass is 229 g/mol. The summed E-state index contributed by atoms with van der Waals surface area (Å²) in [4.78, 5) is 11.9. The molecule has 2 aliphatic rings. The zero-order chi connectivity index (χ0) is 10.8. The van der Waals surface area contributed by atoms with Crippen molar-refractivity contribution in [3.8, 4) is 0 Å². The molecule has 0 aromatic heterocycles. The molecular formula is C12H20ClNO. The molecule has 3 heteroatoms. The van der Waals surface area contributed by atoms with Gasteiger partial charge in [0, 0.05) is 17.8 Å². The summed E-state index contributed by atoms with van der Waals surface area (Å²) in [5, 5.41) is 3.13. The van der Waals surface area contributed by atoms with E-state index >= 15 is 0 Å². The number of rotatable bonds is 5. The van der Waals surface area contributed by atoms with E-state index in [1.165, 1.54) is 6.42 Å². The number of alkyl halides is 1. The number of halogens is 1. The van der Waals surface area contributed by atoms with Crippen molar-refractivity contribution in [3.05, 3.63) is 0 Å². The summed E-state index contributed by atoms with van der Waals surface area (Å²) < 4.78 is 0. The molecule has 2 aliphatic carbocycles. The Morgan fingerprint density at radius 3 is 2.60 bits per heavy atom. The fourth-order valence-corrected chi connectivity index (χ4v) is 3.02. The van der Waals surface area contributed by atoms with E-state index in [4.69, 9.17) is 11.6 Å². The summed E-state index contributed by atoms with van der Waals surface area (Å²) in [5.41, 5.74) is 0. The van der Waals surface area contributed by atoms with Gasteiger partial charge in [-0.15, -0.1) is 11.6 Å². The van der Waals surface area contributed by atoms with Crippen LogP contribution in [0.15, 0.2) is 0 Å². The van der Waals surface area contributed by atoms with Gasteiger partial charge >= 0.3 is 0 Å². The van der Waals surface area contributed by atoms with Crippen LogP contribution in [0.5, 0.6) is 0 Å². The van der Waals surface area contributed by atoms with Gasteiger partial charge in [-0.25, -0.2) is 0 Å². The maximum absolute atomic E-state index is 11.9. The number of hydrogen-bond acceptors (Lipinski definition) is 1. The van der Waals surface area contributed by atoms with Crippen molar-refractivity contribution in [2.24, 2.45) is 17.8 Å². The topological polar surface area (TPSA) is 29.1 Å². The minimum Gasteiger partial charge on any atom is -0.353 e. The van der Waals surface area contributed by atoms with Crippen molar-refractivity contribution in [2.45, 2.75) is 45.1 Å². The highest BCUT2D eigenvalue weighted by molar-refractivity contribution is 6.17. The molecule has 1 amide bonds. The Morgan fingerprint density at radius 2 is 2.07 bits per heavy atom. The van der Waals surface area contributed by atoms with E-state index in [1.54, 1.807) is 0 Å². The average molecular weight is 230 g/mol. The number of carbonyl (C=O) groups is 1. The lowest BCUT2D eigenvalue weighted by Gasteiger charge is -2.19. The predicted octanol–water partition coefficient (Wildman–Crippen LogP) is 2.56. The van der Waals surface area contributed by atoms with Gasteiger partial charge in [0.25, 0.3) is 0 Å². The van der Waals surface area contributed by atoms with Gasteiger partial charge in [0.05, 0.1) is 0 Å². The Balaban J connectivity index is 1.75. The lowest BCUT2D eigenvalue weighted by Crippen LogP contribution is -2.38. The van der Waals surface area contributed by atoms with E-state index in [2.05, 4.69) is 12.2 Å². The number of fused-ring (bicyclic) bond motifs is 1. The van der Waals surface area contributed by atoms with Crippen molar-refractivity contribution in [2.75, 3.05) is 5.88 Å². The van der Waals surface area contributed by atoms with Crippen LogP contribution in [0, 0.1) is 17.8 Å². The predicted molar refractivity (Wildman–Crippen MR) is 61.9 cm³/mol. The fourth-order valence-electron chi connectivity index (χ4n) is 2.76. The smallest absolute Gasteiger partial charge is 0.223 e. The highest BCUT2D eigenvalue weighted by atomic mass is 35.5. The molecule has 1 N–H and O–H groups in total. The van der Waals surface area contributed by atoms with E-state index < -0.39 is 0 Å². The molecule has 0 aromatic carbocycles. The van der Waals surface area contributed by atoms with Gasteiger partial charge in [-0.2, -0.15) is 0 Å². The second kappa shape index (κ2) is 4.73. The third-order valence-electron chi connectivity index (χ3n) is 3.91. The van der Waals surface area contributed by atoms with Gasteiger partial charge in [-0.05, 0) is 43.9 Å². The number of nitrogens with one attached hydrogen (secondary N) is 1. The first kappa shape index (κ1) is 11.3. The summed E-state index contributed by atoms with van der Waals surface area (Å²) in [7, 11) is 0. The van der Waals surface area contributed by atoms with Crippen LogP contribution >= 0.6 is 11.6 Å². The molecule has 0 saturated heterocycles. The molecule has 2 saturated carbocycles. The van der Waals surface area contributed by atoms with Gasteiger partial charge in [0.2, 0.25) is 5.91 Å². The van der Waals surface area contributed by atoms with Gasteiger partial charge in [0.1, 0.15) is 0 Å². The normalized spacial score (nSPS) is 34.7. The minimum absolute atomic E-state index is 0.277. The maximum atomic E-state index is 11.9. The zero-order valence-electron chi connectivity index (χ0n) is 9.34. The summed E-state index contributed by atoms with van der Waals surface area (Å²) in [6.07, 6.45) is 5.52. The van der Waals surface area contributed by atoms with Gasteiger partial charge in [0.15, 0.2) is 0 Å². The Labute approximate surface area is 96.8 Å². The molecule has 2 fully saturated rings. The number of carbonyl (C=O) groups excluding carboxylic acids is 1. The van der Waals surface area contributed by atoms with Crippen molar-refractivity contribution >= 4 is 17.5 Å². The van der Waals surface area contributed by atoms with Crippen LogP contribution in [-0.2, 0) is 4.79 Å². The summed E-state index contributed by atoms with van der Waals surface area (Å²) >= 11 is 5.70. The molecule has 2 rings (SSSR count). The first-order valence-electron chi connectivity index (χ1n) is 6.11. The van der Waals surface area contributed by atoms with Crippen LogP contribution in [0.1, 0.15) is 39.0 Å². The van der Waals surface area contributed by atoms with Crippen molar-refractivity contribution < 1.29 is 4.79 Å². The molecule has 15 heavy (non-hydrogen) atoms. The molecule has 0 bridgehead atoms. The highest BCUT2D eigenvalue weighted by Gasteiger charge is 2.48. The van der Waals surface area contributed by atoms with Gasteiger partial charge in [-0.1, -0.05) is 6.92 Å². The Bertz CT molecular complexity index is 234. The van der Waals surface area contributed by atoms with E-state index in [1.807, 2.05) is 0 Å². The van der Waals surface area contributed by atoms with E-state index in [9.17, 15) is 4.79 Å². The zero-order valence-corrected chi connectivity index (χ0v) is 10.1. The van der Waals surface area contributed by atoms with Crippen LogP contribution in [0.25, 0.3) is 0 Å². The molecular weight excluding hydrogens is 210 g/mol. The molecule has 86 valence electrons. The molecule has 0 radical (unpaired) electrons. The summed E-state index contributed by atoms with van der Waals surface area (Å²) in [6.45, 7) is 2.10. The minimum atomic E-state index is 0.277. The van der Waals surface area contributed by atoms with Crippen molar-refractivity contribution in [1.29, 1.82) is 0 Å². The molecule has 0 spiro atoms. The largest absolute Gasteiger partial charge is 0.353 e. The summed E-state index contributed by atoms with van der Waals surface area (Å²) in [6, 6.07) is 0.284. The lowest BCUT2D eigenvalue weighted by atomic mass is 10.0. The molecule has 0 aliphatic heterocycles. The van der Waals surface area contributed by atoms with Gasteiger partial charge in [-0.3, -0.25) is 4.79 Å². The Morgan fingerprint density at radius 1 is 1.40 bits per heavy atom. The molecule has 0 heterocycles. The van der Waals surface area contributed by atoms with Crippen LogP contribution in [0.3, 0.4) is 0 Å². The van der Waals surface area contributed by atoms with Crippen LogP contribution in [-0.4, -0.2) is 17.8 Å². The fraction of sp³-hybridized carbons (Fsp3) is 0.917. The molecule has 2 nitrogen and oxygen atoms in total. The van der Waals surface area contributed by atoms with Crippen LogP contribution in [0.4, 0.5) is 0 Å².